The maximum atomic E-state index is 11.8. The van der Waals surface area contributed by atoms with Crippen molar-refractivity contribution >= 4 is 28.1 Å². The molecule has 2 aromatic carbocycles. The SMILES string of the molecule is COc1ccc(Br)cc1/C=N/NC(=O)COc1ccc(C)cc1C. The van der Waals surface area contributed by atoms with Gasteiger partial charge in [0, 0.05) is 10.0 Å². The number of rotatable bonds is 6. The van der Waals surface area contributed by atoms with E-state index >= 15 is 0 Å². The summed E-state index contributed by atoms with van der Waals surface area (Å²) in [5.74, 6) is 1.02. The van der Waals surface area contributed by atoms with Crippen LogP contribution in [0.15, 0.2) is 46.0 Å². The molecule has 0 spiro atoms. The van der Waals surface area contributed by atoms with E-state index in [1.54, 1.807) is 7.11 Å². The Morgan fingerprint density at radius 2 is 1.96 bits per heavy atom. The lowest BCUT2D eigenvalue weighted by Crippen LogP contribution is -2.24. The van der Waals surface area contributed by atoms with Crippen molar-refractivity contribution in [3.8, 4) is 11.5 Å². The predicted octanol–water partition coefficient (Wildman–Crippen LogP) is 3.60. The fourth-order valence-electron chi connectivity index (χ4n) is 2.12. The number of hydrazone groups is 1. The molecule has 0 heterocycles. The van der Waals surface area contributed by atoms with Crippen LogP contribution in [0.5, 0.6) is 11.5 Å². The van der Waals surface area contributed by atoms with Crippen molar-refractivity contribution in [1.29, 1.82) is 0 Å². The summed E-state index contributed by atoms with van der Waals surface area (Å²) in [5, 5.41) is 3.93. The highest BCUT2D eigenvalue weighted by molar-refractivity contribution is 9.10. The molecule has 126 valence electrons. The van der Waals surface area contributed by atoms with Gasteiger partial charge in [-0.3, -0.25) is 4.79 Å². The Morgan fingerprint density at radius 1 is 1.21 bits per heavy atom. The highest BCUT2D eigenvalue weighted by Crippen LogP contribution is 2.21. The van der Waals surface area contributed by atoms with Crippen LogP contribution in [0, 0.1) is 13.8 Å². The number of hydrogen-bond donors (Lipinski definition) is 1. The Kier molecular flexibility index (Phi) is 6.37. The van der Waals surface area contributed by atoms with Crippen LogP contribution in [0.2, 0.25) is 0 Å². The predicted molar refractivity (Wildman–Crippen MR) is 97.8 cm³/mol. The van der Waals surface area contributed by atoms with Crippen LogP contribution < -0.4 is 14.9 Å². The topological polar surface area (TPSA) is 59.9 Å². The van der Waals surface area contributed by atoms with Gasteiger partial charge in [-0.15, -0.1) is 0 Å². The van der Waals surface area contributed by atoms with E-state index < -0.39 is 0 Å². The first kappa shape index (κ1) is 18.0. The number of carbonyl (C=O) groups is 1. The van der Waals surface area contributed by atoms with Gasteiger partial charge < -0.3 is 9.47 Å². The Morgan fingerprint density at radius 3 is 2.67 bits per heavy atom. The molecule has 24 heavy (non-hydrogen) atoms. The molecule has 1 N–H and O–H groups in total. The van der Waals surface area contributed by atoms with E-state index in [1.807, 2.05) is 50.2 Å². The van der Waals surface area contributed by atoms with Crippen LogP contribution in [0.4, 0.5) is 0 Å². The Hall–Kier alpha value is -2.34. The average molecular weight is 391 g/mol. The summed E-state index contributed by atoms with van der Waals surface area (Å²) in [6.45, 7) is 3.85. The normalized spacial score (nSPS) is 10.7. The van der Waals surface area contributed by atoms with Gasteiger partial charge >= 0.3 is 0 Å². The molecule has 2 rings (SSSR count). The molecule has 0 saturated carbocycles. The summed E-state index contributed by atoms with van der Waals surface area (Å²) < 4.78 is 11.6. The number of benzene rings is 2. The van der Waals surface area contributed by atoms with Crippen molar-refractivity contribution in [1.82, 2.24) is 5.43 Å². The summed E-state index contributed by atoms with van der Waals surface area (Å²) in [5.41, 5.74) is 5.33. The van der Waals surface area contributed by atoms with Crippen molar-refractivity contribution in [3.05, 3.63) is 57.6 Å². The van der Waals surface area contributed by atoms with Gasteiger partial charge in [0.1, 0.15) is 11.5 Å². The van der Waals surface area contributed by atoms with Gasteiger partial charge in [-0.25, -0.2) is 5.43 Å². The Balaban J connectivity index is 1.90. The minimum atomic E-state index is -0.333. The molecule has 0 aliphatic rings. The molecule has 0 saturated heterocycles. The van der Waals surface area contributed by atoms with Crippen molar-refractivity contribution in [2.45, 2.75) is 13.8 Å². The zero-order valence-corrected chi connectivity index (χ0v) is 15.4. The number of aryl methyl sites for hydroxylation is 2. The first-order chi connectivity index (χ1) is 11.5. The van der Waals surface area contributed by atoms with Gasteiger partial charge in [-0.1, -0.05) is 33.6 Å². The van der Waals surface area contributed by atoms with E-state index in [9.17, 15) is 4.79 Å². The van der Waals surface area contributed by atoms with E-state index in [0.717, 1.165) is 21.2 Å². The molecule has 0 radical (unpaired) electrons. The van der Waals surface area contributed by atoms with E-state index in [4.69, 9.17) is 9.47 Å². The summed E-state index contributed by atoms with van der Waals surface area (Å²) >= 11 is 3.38. The number of nitrogens with one attached hydrogen (secondary N) is 1. The molecule has 0 bridgehead atoms. The number of methoxy groups -OCH3 is 1. The average Bonchev–Trinajstić information content (AvgIpc) is 2.54. The Labute approximate surface area is 149 Å². The van der Waals surface area contributed by atoms with Crippen LogP contribution in [0.3, 0.4) is 0 Å². The van der Waals surface area contributed by atoms with Crippen molar-refractivity contribution in [2.24, 2.45) is 5.10 Å². The van der Waals surface area contributed by atoms with Gasteiger partial charge in [0.15, 0.2) is 6.61 Å². The molecule has 0 aliphatic carbocycles. The fourth-order valence-corrected chi connectivity index (χ4v) is 2.50. The maximum Gasteiger partial charge on any atom is 0.277 e. The number of hydrogen-bond acceptors (Lipinski definition) is 4. The molecule has 0 aromatic heterocycles. The number of amides is 1. The minimum Gasteiger partial charge on any atom is -0.496 e. The molecule has 2 aromatic rings. The molecule has 0 fully saturated rings. The molecular formula is C18H19BrN2O3. The summed E-state index contributed by atoms with van der Waals surface area (Å²) in [4.78, 5) is 11.8. The second kappa shape index (κ2) is 8.49. The second-order valence-electron chi connectivity index (χ2n) is 5.24. The lowest BCUT2D eigenvalue weighted by Gasteiger charge is -2.08. The van der Waals surface area contributed by atoms with E-state index in [2.05, 4.69) is 26.5 Å². The molecule has 0 atom stereocenters. The van der Waals surface area contributed by atoms with Crippen LogP contribution in [-0.2, 0) is 4.79 Å². The largest absolute Gasteiger partial charge is 0.496 e. The van der Waals surface area contributed by atoms with Gasteiger partial charge in [0.05, 0.1) is 13.3 Å². The first-order valence-corrected chi connectivity index (χ1v) is 8.14. The molecule has 0 aliphatic heterocycles. The third-order valence-corrected chi connectivity index (χ3v) is 3.77. The second-order valence-corrected chi connectivity index (χ2v) is 6.15. The third kappa shape index (κ3) is 5.09. The van der Waals surface area contributed by atoms with E-state index in [-0.39, 0.29) is 12.5 Å². The van der Waals surface area contributed by atoms with Crippen molar-refractivity contribution in [2.75, 3.05) is 13.7 Å². The zero-order chi connectivity index (χ0) is 17.5. The first-order valence-electron chi connectivity index (χ1n) is 7.35. The van der Waals surface area contributed by atoms with Gasteiger partial charge in [0.2, 0.25) is 0 Å². The van der Waals surface area contributed by atoms with Gasteiger partial charge in [-0.2, -0.15) is 5.10 Å². The summed E-state index contributed by atoms with van der Waals surface area (Å²) in [6.07, 6.45) is 1.53. The van der Waals surface area contributed by atoms with Crippen LogP contribution >= 0.6 is 15.9 Å². The Bertz CT molecular complexity index is 760. The molecule has 1 amide bonds. The standard InChI is InChI=1S/C18H19BrN2O3/c1-12-4-6-16(13(2)8-12)24-11-18(22)21-20-10-14-9-15(19)5-7-17(14)23-3/h4-10H,11H2,1-3H3,(H,21,22)/b20-10+. The van der Waals surface area contributed by atoms with Crippen molar-refractivity contribution < 1.29 is 14.3 Å². The highest BCUT2D eigenvalue weighted by atomic mass is 79.9. The maximum absolute atomic E-state index is 11.8. The van der Waals surface area contributed by atoms with Gasteiger partial charge in [-0.05, 0) is 43.7 Å². The van der Waals surface area contributed by atoms with Crippen LogP contribution in [-0.4, -0.2) is 25.8 Å². The van der Waals surface area contributed by atoms with E-state index in [1.165, 1.54) is 6.21 Å². The van der Waals surface area contributed by atoms with E-state index in [0.29, 0.717) is 11.5 Å². The molecule has 0 unspecified atom stereocenters. The number of carbonyl (C=O) groups excluding carboxylic acids is 1. The van der Waals surface area contributed by atoms with Crippen LogP contribution in [0.25, 0.3) is 0 Å². The third-order valence-electron chi connectivity index (χ3n) is 3.27. The van der Waals surface area contributed by atoms with Gasteiger partial charge in [0.25, 0.3) is 5.91 Å². The fraction of sp³-hybridized carbons (Fsp3) is 0.222. The summed E-state index contributed by atoms with van der Waals surface area (Å²) in [6, 6.07) is 11.3. The molecule has 6 heteroatoms. The lowest BCUT2D eigenvalue weighted by atomic mass is 10.1. The number of nitrogens with zero attached hydrogens (tertiary/aromatic N) is 1. The highest BCUT2D eigenvalue weighted by Gasteiger charge is 2.05. The quantitative estimate of drug-likeness (QED) is 0.605. The lowest BCUT2D eigenvalue weighted by molar-refractivity contribution is -0.123. The number of ether oxygens (including phenoxy) is 2. The monoisotopic (exact) mass is 390 g/mol. The molecule has 5 nitrogen and oxygen atoms in total. The minimum absolute atomic E-state index is 0.100. The van der Waals surface area contributed by atoms with Crippen molar-refractivity contribution in [3.63, 3.8) is 0 Å². The molecular weight excluding hydrogens is 372 g/mol. The number of halogens is 1. The smallest absolute Gasteiger partial charge is 0.277 e. The summed E-state index contributed by atoms with van der Waals surface area (Å²) in [7, 11) is 1.58. The van der Waals surface area contributed by atoms with Crippen LogP contribution in [0.1, 0.15) is 16.7 Å². The zero-order valence-electron chi connectivity index (χ0n) is 13.8.